The van der Waals surface area contributed by atoms with Gasteiger partial charge in [0.1, 0.15) is 17.3 Å². The van der Waals surface area contributed by atoms with Crippen LogP contribution >= 0.6 is 11.8 Å². The van der Waals surface area contributed by atoms with Gasteiger partial charge < -0.3 is 9.15 Å². The number of carbonyl (C=O) groups is 2. The first-order valence-corrected chi connectivity index (χ1v) is 9.85. The normalized spacial score (nSPS) is 15.7. The van der Waals surface area contributed by atoms with E-state index in [1.807, 2.05) is 30.3 Å². The Hall–Kier alpha value is -3.46. The fourth-order valence-electron chi connectivity index (χ4n) is 2.94. The number of amides is 2. The maximum atomic E-state index is 12.6. The second-order valence-corrected chi connectivity index (χ2v) is 7.52. The minimum atomic E-state index is -4.76. The van der Waals surface area contributed by atoms with Crippen LogP contribution in [0.4, 0.5) is 18.0 Å². The number of rotatable bonds is 5. The summed E-state index contributed by atoms with van der Waals surface area (Å²) in [6.45, 7) is 0.179. The third-order valence-electron chi connectivity index (χ3n) is 4.33. The number of furan rings is 1. The van der Waals surface area contributed by atoms with E-state index in [1.54, 1.807) is 12.1 Å². The summed E-state index contributed by atoms with van der Waals surface area (Å²) < 4.78 is 46.3. The van der Waals surface area contributed by atoms with Gasteiger partial charge in [-0.05, 0) is 53.7 Å². The van der Waals surface area contributed by atoms with Crippen molar-refractivity contribution in [3.05, 3.63) is 83.0 Å². The van der Waals surface area contributed by atoms with Gasteiger partial charge in [-0.1, -0.05) is 30.3 Å². The van der Waals surface area contributed by atoms with Crippen LogP contribution in [0.1, 0.15) is 11.3 Å². The van der Waals surface area contributed by atoms with E-state index >= 15 is 0 Å². The second-order valence-electron chi connectivity index (χ2n) is 6.53. The number of halogens is 3. The first-order valence-electron chi connectivity index (χ1n) is 9.04. The first-order chi connectivity index (χ1) is 14.8. The van der Waals surface area contributed by atoms with E-state index in [4.69, 9.17) is 4.42 Å². The molecule has 0 radical (unpaired) electrons. The van der Waals surface area contributed by atoms with E-state index in [0.29, 0.717) is 17.1 Å². The monoisotopic (exact) mass is 445 g/mol. The molecule has 0 atom stereocenters. The molecule has 1 aliphatic rings. The summed E-state index contributed by atoms with van der Waals surface area (Å²) in [5.41, 5.74) is 1.37. The highest BCUT2D eigenvalue weighted by Crippen LogP contribution is 2.34. The van der Waals surface area contributed by atoms with E-state index in [-0.39, 0.29) is 22.4 Å². The van der Waals surface area contributed by atoms with Crippen LogP contribution < -0.4 is 4.74 Å². The molecule has 1 aromatic heterocycles. The number of alkyl halides is 3. The van der Waals surface area contributed by atoms with Crippen molar-refractivity contribution in [3.63, 3.8) is 0 Å². The van der Waals surface area contributed by atoms with Crippen molar-refractivity contribution in [2.75, 3.05) is 0 Å². The number of nitrogens with zero attached hydrogens (tertiary/aromatic N) is 1. The highest BCUT2D eigenvalue weighted by molar-refractivity contribution is 8.18. The Morgan fingerprint density at radius 1 is 0.968 bits per heavy atom. The van der Waals surface area contributed by atoms with Gasteiger partial charge in [0.15, 0.2) is 0 Å². The highest BCUT2D eigenvalue weighted by Gasteiger charge is 2.35. The predicted octanol–water partition coefficient (Wildman–Crippen LogP) is 6.08. The lowest BCUT2D eigenvalue weighted by Crippen LogP contribution is -2.27. The standard InChI is InChI=1S/C22H14F3NO4S/c23-22(24,25)30-16-8-6-15(7-9-16)18-11-10-17(29-18)12-19-20(27)26(21(28)31-19)13-14-4-2-1-3-5-14/h1-12H,13H2/b19-12-. The molecule has 2 heterocycles. The molecule has 0 N–H and O–H groups in total. The zero-order valence-corrected chi connectivity index (χ0v) is 16.6. The Bertz CT molecular complexity index is 1140. The number of benzene rings is 2. The van der Waals surface area contributed by atoms with Gasteiger partial charge in [0.2, 0.25) is 0 Å². The molecule has 158 valence electrons. The number of hydrogen-bond donors (Lipinski definition) is 0. The Labute approximate surface area is 179 Å². The molecule has 5 nitrogen and oxygen atoms in total. The van der Waals surface area contributed by atoms with E-state index in [9.17, 15) is 22.8 Å². The lowest BCUT2D eigenvalue weighted by atomic mass is 10.2. The average Bonchev–Trinajstić information content (AvgIpc) is 3.29. The van der Waals surface area contributed by atoms with Crippen molar-refractivity contribution in [2.24, 2.45) is 0 Å². The molecule has 0 spiro atoms. The third kappa shape index (κ3) is 5.00. The Kier molecular flexibility index (Phi) is 5.60. The molecule has 2 aromatic carbocycles. The fourth-order valence-corrected chi connectivity index (χ4v) is 3.76. The quantitative estimate of drug-likeness (QED) is 0.446. The molecule has 31 heavy (non-hydrogen) atoms. The maximum absolute atomic E-state index is 12.6. The summed E-state index contributed by atoms with van der Waals surface area (Å²) in [5.74, 6) is -0.00951. The third-order valence-corrected chi connectivity index (χ3v) is 5.24. The number of hydrogen-bond acceptors (Lipinski definition) is 5. The number of thioether (sulfide) groups is 1. The van der Waals surface area contributed by atoms with Crippen molar-refractivity contribution < 1.29 is 31.9 Å². The van der Waals surface area contributed by atoms with E-state index in [0.717, 1.165) is 22.2 Å². The van der Waals surface area contributed by atoms with Crippen LogP contribution in [0.3, 0.4) is 0 Å². The summed E-state index contributed by atoms with van der Waals surface area (Å²) in [7, 11) is 0. The molecular formula is C22H14F3NO4S. The van der Waals surface area contributed by atoms with Crippen molar-refractivity contribution in [1.29, 1.82) is 0 Å². The van der Waals surface area contributed by atoms with Gasteiger partial charge in [0.05, 0.1) is 11.4 Å². The summed E-state index contributed by atoms with van der Waals surface area (Å²) >= 11 is 0.824. The van der Waals surface area contributed by atoms with Crippen LogP contribution in [0, 0.1) is 0 Å². The zero-order valence-electron chi connectivity index (χ0n) is 15.8. The van der Waals surface area contributed by atoms with Crippen LogP contribution in [-0.4, -0.2) is 22.4 Å². The van der Waals surface area contributed by atoms with Crippen LogP contribution in [-0.2, 0) is 11.3 Å². The van der Waals surface area contributed by atoms with Crippen LogP contribution in [0.25, 0.3) is 17.4 Å². The number of imide groups is 1. The molecule has 1 aliphatic heterocycles. The maximum Gasteiger partial charge on any atom is 0.573 e. The second kappa shape index (κ2) is 8.35. The minimum absolute atomic E-state index is 0.179. The summed E-state index contributed by atoms with van der Waals surface area (Å²) in [5, 5.41) is -0.368. The largest absolute Gasteiger partial charge is 0.573 e. The van der Waals surface area contributed by atoms with Crippen LogP contribution in [0.15, 0.2) is 76.1 Å². The Morgan fingerprint density at radius 3 is 2.35 bits per heavy atom. The zero-order chi connectivity index (χ0) is 22.0. The van der Waals surface area contributed by atoms with Crippen molar-refractivity contribution in [3.8, 4) is 17.1 Å². The molecule has 1 fully saturated rings. The summed E-state index contributed by atoms with van der Waals surface area (Å²) in [6.07, 6.45) is -3.29. The van der Waals surface area contributed by atoms with E-state index in [2.05, 4.69) is 4.74 Å². The minimum Gasteiger partial charge on any atom is -0.457 e. The molecule has 0 aliphatic carbocycles. The lowest BCUT2D eigenvalue weighted by Gasteiger charge is -2.11. The average molecular weight is 445 g/mol. The van der Waals surface area contributed by atoms with Gasteiger partial charge in [-0.25, -0.2) is 0 Å². The van der Waals surface area contributed by atoms with E-state index < -0.39 is 12.3 Å². The molecule has 0 saturated carbocycles. The molecule has 4 rings (SSSR count). The summed E-state index contributed by atoms with van der Waals surface area (Å²) in [4.78, 5) is 26.3. The van der Waals surface area contributed by atoms with Gasteiger partial charge in [-0.2, -0.15) is 0 Å². The topological polar surface area (TPSA) is 59.8 Å². The number of ether oxygens (including phenoxy) is 1. The molecule has 9 heteroatoms. The Morgan fingerprint density at radius 2 is 1.68 bits per heavy atom. The van der Waals surface area contributed by atoms with Gasteiger partial charge in [-0.3, -0.25) is 14.5 Å². The lowest BCUT2D eigenvalue weighted by molar-refractivity contribution is -0.274. The molecular weight excluding hydrogens is 431 g/mol. The van der Waals surface area contributed by atoms with Crippen molar-refractivity contribution in [2.45, 2.75) is 12.9 Å². The van der Waals surface area contributed by atoms with Crippen LogP contribution in [0.5, 0.6) is 5.75 Å². The van der Waals surface area contributed by atoms with Gasteiger partial charge in [0, 0.05) is 11.6 Å². The fraction of sp³-hybridized carbons (Fsp3) is 0.0909. The predicted molar refractivity (Wildman–Crippen MR) is 109 cm³/mol. The van der Waals surface area contributed by atoms with Crippen LogP contribution in [0.2, 0.25) is 0 Å². The van der Waals surface area contributed by atoms with Crippen molar-refractivity contribution >= 4 is 29.0 Å². The van der Waals surface area contributed by atoms with E-state index in [1.165, 1.54) is 30.3 Å². The van der Waals surface area contributed by atoms with Gasteiger partial charge in [0.25, 0.3) is 11.1 Å². The molecule has 2 amide bonds. The first kappa shape index (κ1) is 20.8. The Balaban J connectivity index is 1.48. The molecule has 0 unspecified atom stereocenters. The van der Waals surface area contributed by atoms with Crippen molar-refractivity contribution in [1.82, 2.24) is 4.90 Å². The molecule has 3 aromatic rings. The van der Waals surface area contributed by atoms with Gasteiger partial charge in [-0.15, -0.1) is 13.2 Å². The summed E-state index contributed by atoms with van der Waals surface area (Å²) in [6, 6.07) is 17.6. The molecule has 0 bridgehead atoms. The highest BCUT2D eigenvalue weighted by atomic mass is 32.2. The number of carbonyl (C=O) groups excluding carboxylic acids is 2. The smallest absolute Gasteiger partial charge is 0.457 e. The van der Waals surface area contributed by atoms with Gasteiger partial charge >= 0.3 is 6.36 Å². The SMILES string of the molecule is O=C1S/C(=C\c2ccc(-c3ccc(OC(F)(F)F)cc3)o2)C(=O)N1Cc1ccccc1. The molecule has 1 saturated heterocycles.